The fourth-order valence-corrected chi connectivity index (χ4v) is 1.35. The highest BCUT2D eigenvalue weighted by atomic mass is 19.1. The zero-order chi connectivity index (χ0) is 11.3. The maximum absolute atomic E-state index is 12.7. The van der Waals surface area contributed by atoms with E-state index in [1.54, 1.807) is 12.1 Å². The molecule has 0 radical (unpaired) electrons. The molecule has 0 aromatic heterocycles. The smallest absolute Gasteiger partial charge is 0.123 e. The van der Waals surface area contributed by atoms with E-state index in [0.717, 1.165) is 12.1 Å². The summed E-state index contributed by atoms with van der Waals surface area (Å²) in [6, 6.07) is 6.65. The van der Waals surface area contributed by atoms with Crippen molar-refractivity contribution >= 4 is 0 Å². The highest BCUT2D eigenvalue weighted by Gasteiger charge is 2.07. The second-order valence-corrected chi connectivity index (χ2v) is 3.94. The van der Waals surface area contributed by atoms with Crippen LogP contribution >= 0.6 is 0 Å². The van der Waals surface area contributed by atoms with Crippen LogP contribution in [0.5, 0.6) is 0 Å². The van der Waals surface area contributed by atoms with Gasteiger partial charge in [-0.2, -0.15) is 0 Å². The molecule has 0 spiro atoms. The summed E-state index contributed by atoms with van der Waals surface area (Å²) in [5.74, 6) is 0.113. The van der Waals surface area contributed by atoms with Crippen molar-refractivity contribution in [2.75, 3.05) is 13.2 Å². The molecule has 0 amide bonds. The van der Waals surface area contributed by atoms with Crippen molar-refractivity contribution in [2.24, 2.45) is 0 Å². The highest BCUT2D eigenvalue weighted by molar-refractivity contribution is 5.20. The molecule has 1 aromatic carbocycles. The Morgan fingerprint density at radius 2 is 1.87 bits per heavy atom. The molecule has 2 atom stereocenters. The highest BCUT2D eigenvalue weighted by Crippen LogP contribution is 2.14. The van der Waals surface area contributed by atoms with Crippen LogP contribution in [0.15, 0.2) is 24.3 Å². The molecule has 0 saturated heterocycles. The average Bonchev–Trinajstić information content (AvgIpc) is 2.26. The van der Waals surface area contributed by atoms with Crippen LogP contribution in [0.25, 0.3) is 0 Å². The second-order valence-electron chi connectivity index (χ2n) is 3.94. The number of aliphatic hydroxyl groups excluding tert-OH is 1. The molecule has 0 aliphatic heterocycles. The Bertz CT molecular complexity index is 286. The predicted octanol–water partition coefficient (Wildman–Crippen LogP) is 1.90. The van der Waals surface area contributed by atoms with E-state index in [0.29, 0.717) is 5.92 Å². The van der Waals surface area contributed by atoms with Crippen LogP contribution < -0.4 is 5.32 Å². The van der Waals surface area contributed by atoms with Crippen LogP contribution in [0.4, 0.5) is 4.39 Å². The van der Waals surface area contributed by atoms with Gasteiger partial charge in [-0.25, -0.2) is 4.39 Å². The summed E-state index contributed by atoms with van der Waals surface area (Å²) in [5.41, 5.74) is 1.11. The van der Waals surface area contributed by atoms with Crippen LogP contribution in [0.1, 0.15) is 25.3 Å². The van der Waals surface area contributed by atoms with Gasteiger partial charge in [-0.05, 0) is 30.5 Å². The van der Waals surface area contributed by atoms with Crippen molar-refractivity contribution in [2.45, 2.75) is 25.8 Å². The van der Waals surface area contributed by atoms with Gasteiger partial charge in [0, 0.05) is 12.6 Å². The summed E-state index contributed by atoms with van der Waals surface area (Å²) in [6.07, 6.45) is 0. The molecule has 15 heavy (non-hydrogen) atoms. The summed E-state index contributed by atoms with van der Waals surface area (Å²) >= 11 is 0. The zero-order valence-electron chi connectivity index (χ0n) is 9.20. The standard InChI is InChI=1S/C12H18FNO/c1-9(7-14-10(2)8-15)11-3-5-12(13)6-4-11/h3-6,9-10,14-15H,7-8H2,1-2H3/t9?,10-/m0/s1. The minimum atomic E-state index is -0.206. The van der Waals surface area contributed by atoms with Gasteiger partial charge in [0.25, 0.3) is 0 Å². The maximum atomic E-state index is 12.7. The molecule has 0 fully saturated rings. The lowest BCUT2D eigenvalue weighted by Crippen LogP contribution is -2.32. The van der Waals surface area contributed by atoms with Crippen LogP contribution in [0, 0.1) is 5.82 Å². The Hall–Kier alpha value is -0.930. The monoisotopic (exact) mass is 211 g/mol. The van der Waals surface area contributed by atoms with Crippen molar-refractivity contribution in [1.82, 2.24) is 5.32 Å². The lowest BCUT2D eigenvalue weighted by molar-refractivity contribution is 0.250. The maximum Gasteiger partial charge on any atom is 0.123 e. The lowest BCUT2D eigenvalue weighted by atomic mass is 10.0. The Labute approximate surface area is 90.1 Å². The van der Waals surface area contributed by atoms with Crippen molar-refractivity contribution in [3.63, 3.8) is 0 Å². The van der Waals surface area contributed by atoms with E-state index in [1.165, 1.54) is 12.1 Å². The topological polar surface area (TPSA) is 32.3 Å². The van der Waals surface area contributed by atoms with Gasteiger partial charge >= 0.3 is 0 Å². The fraction of sp³-hybridized carbons (Fsp3) is 0.500. The van der Waals surface area contributed by atoms with Gasteiger partial charge in [0.2, 0.25) is 0 Å². The molecular weight excluding hydrogens is 193 g/mol. The van der Waals surface area contributed by atoms with Crippen molar-refractivity contribution in [3.05, 3.63) is 35.6 Å². The van der Waals surface area contributed by atoms with E-state index in [9.17, 15) is 4.39 Å². The van der Waals surface area contributed by atoms with Gasteiger partial charge < -0.3 is 10.4 Å². The molecule has 0 heterocycles. The molecule has 1 unspecified atom stereocenters. The number of nitrogens with one attached hydrogen (secondary N) is 1. The number of hydrogen-bond donors (Lipinski definition) is 2. The molecule has 0 aliphatic rings. The van der Waals surface area contributed by atoms with E-state index < -0.39 is 0 Å². The molecule has 1 aromatic rings. The minimum absolute atomic E-state index is 0.105. The second kappa shape index (κ2) is 5.83. The minimum Gasteiger partial charge on any atom is -0.395 e. The van der Waals surface area contributed by atoms with E-state index in [4.69, 9.17) is 5.11 Å². The summed E-state index contributed by atoms with van der Waals surface area (Å²) in [4.78, 5) is 0. The van der Waals surface area contributed by atoms with Gasteiger partial charge in [0.05, 0.1) is 6.61 Å². The predicted molar refractivity (Wildman–Crippen MR) is 59.4 cm³/mol. The zero-order valence-corrected chi connectivity index (χ0v) is 9.20. The molecule has 0 bridgehead atoms. The third-order valence-corrected chi connectivity index (χ3v) is 2.49. The molecule has 2 nitrogen and oxygen atoms in total. The number of aliphatic hydroxyl groups is 1. The average molecular weight is 211 g/mol. The molecule has 84 valence electrons. The van der Waals surface area contributed by atoms with Crippen molar-refractivity contribution in [3.8, 4) is 0 Å². The lowest BCUT2D eigenvalue weighted by Gasteiger charge is -2.16. The van der Waals surface area contributed by atoms with Gasteiger partial charge in [0.1, 0.15) is 5.82 Å². The fourth-order valence-electron chi connectivity index (χ4n) is 1.35. The quantitative estimate of drug-likeness (QED) is 0.779. The summed E-state index contributed by atoms with van der Waals surface area (Å²) in [5, 5.41) is 12.0. The Morgan fingerprint density at radius 1 is 1.27 bits per heavy atom. The first-order chi connectivity index (χ1) is 7.13. The van der Waals surface area contributed by atoms with E-state index in [-0.39, 0.29) is 18.5 Å². The van der Waals surface area contributed by atoms with Gasteiger partial charge in [-0.1, -0.05) is 19.1 Å². The Morgan fingerprint density at radius 3 is 2.40 bits per heavy atom. The Balaban J connectivity index is 2.46. The third kappa shape index (κ3) is 3.98. The summed E-state index contributed by atoms with van der Waals surface area (Å²) in [7, 11) is 0. The van der Waals surface area contributed by atoms with E-state index >= 15 is 0 Å². The number of hydrogen-bond acceptors (Lipinski definition) is 2. The SMILES string of the molecule is CC(CN[C@@H](C)CO)c1ccc(F)cc1. The summed E-state index contributed by atoms with van der Waals surface area (Å²) in [6.45, 7) is 4.92. The molecular formula is C12H18FNO. The van der Waals surface area contributed by atoms with Crippen LogP contribution in [0.2, 0.25) is 0 Å². The molecule has 2 N–H and O–H groups in total. The number of benzene rings is 1. The first-order valence-corrected chi connectivity index (χ1v) is 5.23. The first-order valence-electron chi connectivity index (χ1n) is 5.23. The molecule has 1 rings (SSSR count). The van der Waals surface area contributed by atoms with Gasteiger partial charge in [0.15, 0.2) is 0 Å². The van der Waals surface area contributed by atoms with Crippen LogP contribution in [-0.4, -0.2) is 24.3 Å². The van der Waals surface area contributed by atoms with Gasteiger partial charge in [-0.3, -0.25) is 0 Å². The molecule has 0 aliphatic carbocycles. The first kappa shape index (κ1) is 12.1. The largest absolute Gasteiger partial charge is 0.395 e. The van der Waals surface area contributed by atoms with Crippen molar-refractivity contribution in [1.29, 1.82) is 0 Å². The van der Waals surface area contributed by atoms with E-state index in [1.807, 2.05) is 6.92 Å². The molecule has 0 saturated carbocycles. The number of rotatable bonds is 5. The van der Waals surface area contributed by atoms with Crippen molar-refractivity contribution < 1.29 is 9.50 Å². The summed E-state index contributed by atoms with van der Waals surface area (Å²) < 4.78 is 12.7. The van der Waals surface area contributed by atoms with E-state index in [2.05, 4.69) is 12.2 Å². The third-order valence-electron chi connectivity index (χ3n) is 2.49. The van der Waals surface area contributed by atoms with Crippen LogP contribution in [-0.2, 0) is 0 Å². The Kier molecular flexibility index (Phi) is 4.72. The molecule has 3 heteroatoms. The van der Waals surface area contributed by atoms with Crippen LogP contribution in [0.3, 0.4) is 0 Å². The van der Waals surface area contributed by atoms with Gasteiger partial charge in [-0.15, -0.1) is 0 Å². The number of halogens is 1. The normalized spacial score (nSPS) is 14.9.